The molecule has 0 aromatic carbocycles. The van der Waals surface area contributed by atoms with E-state index in [1.807, 2.05) is 18.5 Å². The molecule has 0 amide bonds. The lowest BCUT2D eigenvalue weighted by Crippen LogP contribution is -2.36. The number of hydrogen-bond acceptors (Lipinski definition) is 4. The third-order valence-corrected chi connectivity index (χ3v) is 4.54. The van der Waals surface area contributed by atoms with Crippen LogP contribution in [0.3, 0.4) is 0 Å². The number of hydrogen-bond donors (Lipinski definition) is 1. The lowest BCUT2D eigenvalue weighted by atomic mass is 10.1. The number of pyridine rings is 1. The van der Waals surface area contributed by atoms with Crippen LogP contribution in [0, 0.1) is 5.92 Å². The molecule has 0 radical (unpaired) electrons. The highest BCUT2D eigenvalue weighted by Gasteiger charge is 2.32. The van der Waals surface area contributed by atoms with Crippen LogP contribution in [-0.2, 0) is 6.54 Å². The van der Waals surface area contributed by atoms with Crippen LogP contribution in [0.25, 0.3) is 0 Å². The Bertz CT molecular complexity index is 394. The second-order valence-electron chi connectivity index (χ2n) is 5.92. The van der Waals surface area contributed by atoms with Gasteiger partial charge >= 0.3 is 0 Å². The van der Waals surface area contributed by atoms with Gasteiger partial charge in [-0.2, -0.15) is 0 Å². The van der Waals surface area contributed by atoms with Gasteiger partial charge in [0.15, 0.2) is 0 Å². The van der Waals surface area contributed by atoms with E-state index in [9.17, 15) is 0 Å². The first-order valence-corrected chi connectivity index (χ1v) is 7.40. The number of aromatic nitrogens is 1. The molecule has 2 fully saturated rings. The van der Waals surface area contributed by atoms with Crippen molar-refractivity contribution >= 4 is 0 Å². The standard InChI is InChI=1S/C15H24N4/c16-8-13-3-7-19(11-13)15-4-6-18(12-15)10-14-2-1-5-17-9-14/h1-2,5,9,13,15H,3-4,6-8,10-12,16H2. The quantitative estimate of drug-likeness (QED) is 0.875. The molecule has 0 spiro atoms. The van der Waals surface area contributed by atoms with Crippen molar-refractivity contribution in [2.75, 3.05) is 32.7 Å². The van der Waals surface area contributed by atoms with Gasteiger partial charge in [0.1, 0.15) is 0 Å². The Morgan fingerprint density at radius 2 is 2.21 bits per heavy atom. The fraction of sp³-hybridized carbons (Fsp3) is 0.667. The van der Waals surface area contributed by atoms with Crippen LogP contribution in [0.5, 0.6) is 0 Å². The minimum atomic E-state index is 0.729. The maximum absolute atomic E-state index is 5.78. The summed E-state index contributed by atoms with van der Waals surface area (Å²) in [5, 5.41) is 0. The number of nitrogens with two attached hydrogens (primary N) is 1. The van der Waals surface area contributed by atoms with Crippen molar-refractivity contribution in [3.05, 3.63) is 30.1 Å². The average molecular weight is 260 g/mol. The second-order valence-corrected chi connectivity index (χ2v) is 5.92. The molecule has 1 aromatic heterocycles. The lowest BCUT2D eigenvalue weighted by Gasteiger charge is -2.24. The zero-order valence-electron chi connectivity index (χ0n) is 11.5. The van der Waals surface area contributed by atoms with Gasteiger partial charge in [-0.1, -0.05) is 6.07 Å². The first-order chi connectivity index (χ1) is 9.35. The molecule has 0 saturated carbocycles. The summed E-state index contributed by atoms with van der Waals surface area (Å²) in [4.78, 5) is 9.40. The van der Waals surface area contributed by atoms with Gasteiger partial charge in [-0.25, -0.2) is 0 Å². The molecular formula is C15H24N4. The first kappa shape index (κ1) is 13.0. The van der Waals surface area contributed by atoms with Crippen molar-refractivity contribution in [2.24, 2.45) is 11.7 Å². The van der Waals surface area contributed by atoms with E-state index in [4.69, 9.17) is 5.73 Å². The van der Waals surface area contributed by atoms with Crippen molar-refractivity contribution in [1.29, 1.82) is 0 Å². The van der Waals surface area contributed by atoms with Crippen LogP contribution in [0.15, 0.2) is 24.5 Å². The number of rotatable bonds is 4. The molecule has 4 heteroatoms. The minimum Gasteiger partial charge on any atom is -0.330 e. The van der Waals surface area contributed by atoms with Crippen LogP contribution in [0.2, 0.25) is 0 Å². The maximum atomic E-state index is 5.78. The van der Waals surface area contributed by atoms with E-state index in [0.717, 1.165) is 25.0 Å². The second kappa shape index (κ2) is 5.99. The normalized spacial score (nSPS) is 29.1. The Kier molecular flexibility index (Phi) is 4.11. The Morgan fingerprint density at radius 3 is 2.95 bits per heavy atom. The molecule has 4 nitrogen and oxygen atoms in total. The summed E-state index contributed by atoms with van der Waals surface area (Å²) in [7, 11) is 0. The largest absolute Gasteiger partial charge is 0.330 e. The molecular weight excluding hydrogens is 236 g/mol. The van der Waals surface area contributed by atoms with Gasteiger partial charge in [-0.3, -0.25) is 14.8 Å². The summed E-state index contributed by atoms with van der Waals surface area (Å²) in [6, 6.07) is 4.93. The molecule has 2 unspecified atom stereocenters. The lowest BCUT2D eigenvalue weighted by molar-refractivity contribution is 0.223. The fourth-order valence-electron chi connectivity index (χ4n) is 3.39. The summed E-state index contributed by atoms with van der Waals surface area (Å²) < 4.78 is 0. The van der Waals surface area contributed by atoms with E-state index < -0.39 is 0 Å². The van der Waals surface area contributed by atoms with E-state index in [0.29, 0.717) is 0 Å². The van der Waals surface area contributed by atoms with Crippen molar-refractivity contribution in [1.82, 2.24) is 14.8 Å². The molecule has 3 rings (SSSR count). The molecule has 0 aliphatic carbocycles. The SMILES string of the molecule is NCC1CCN(C2CCN(Cc3cccnc3)C2)C1. The molecule has 1 aromatic rings. The van der Waals surface area contributed by atoms with E-state index >= 15 is 0 Å². The zero-order valence-corrected chi connectivity index (χ0v) is 11.5. The van der Waals surface area contributed by atoms with E-state index in [1.165, 1.54) is 44.6 Å². The molecule has 3 heterocycles. The van der Waals surface area contributed by atoms with Crippen LogP contribution >= 0.6 is 0 Å². The monoisotopic (exact) mass is 260 g/mol. The van der Waals surface area contributed by atoms with E-state index in [-0.39, 0.29) is 0 Å². The molecule has 104 valence electrons. The van der Waals surface area contributed by atoms with Crippen molar-refractivity contribution in [2.45, 2.75) is 25.4 Å². The van der Waals surface area contributed by atoms with Gasteiger partial charge in [0.05, 0.1) is 0 Å². The smallest absolute Gasteiger partial charge is 0.0312 e. The van der Waals surface area contributed by atoms with E-state index in [2.05, 4.69) is 20.9 Å². The Morgan fingerprint density at radius 1 is 1.26 bits per heavy atom. The van der Waals surface area contributed by atoms with Crippen LogP contribution in [0.1, 0.15) is 18.4 Å². The minimum absolute atomic E-state index is 0.729. The molecule has 2 N–H and O–H groups in total. The third-order valence-electron chi connectivity index (χ3n) is 4.54. The van der Waals surface area contributed by atoms with Crippen molar-refractivity contribution in [3.8, 4) is 0 Å². The highest BCUT2D eigenvalue weighted by Crippen LogP contribution is 2.24. The summed E-state index contributed by atoms with van der Waals surface area (Å²) in [6.45, 7) is 6.76. The topological polar surface area (TPSA) is 45.4 Å². The molecule has 19 heavy (non-hydrogen) atoms. The zero-order chi connectivity index (χ0) is 13.1. The Hall–Kier alpha value is -0.970. The molecule has 2 aliphatic heterocycles. The van der Waals surface area contributed by atoms with Gasteiger partial charge in [0.2, 0.25) is 0 Å². The summed E-state index contributed by atoms with van der Waals surface area (Å²) >= 11 is 0. The van der Waals surface area contributed by atoms with Gasteiger partial charge in [-0.15, -0.1) is 0 Å². The molecule has 2 atom stereocenters. The van der Waals surface area contributed by atoms with Gasteiger partial charge in [-0.05, 0) is 43.5 Å². The average Bonchev–Trinajstić information content (AvgIpc) is 3.08. The maximum Gasteiger partial charge on any atom is 0.0312 e. The van der Waals surface area contributed by atoms with Crippen molar-refractivity contribution in [3.63, 3.8) is 0 Å². The number of likely N-dealkylation sites (tertiary alicyclic amines) is 2. The number of nitrogens with zero attached hydrogens (tertiary/aromatic N) is 3. The first-order valence-electron chi connectivity index (χ1n) is 7.40. The molecule has 0 bridgehead atoms. The van der Waals surface area contributed by atoms with Crippen LogP contribution in [-0.4, -0.2) is 53.5 Å². The predicted octanol–water partition coefficient (Wildman–Crippen LogP) is 0.936. The Balaban J connectivity index is 1.50. The molecule has 2 saturated heterocycles. The fourth-order valence-corrected chi connectivity index (χ4v) is 3.39. The van der Waals surface area contributed by atoms with Gasteiger partial charge in [0.25, 0.3) is 0 Å². The highest BCUT2D eigenvalue weighted by molar-refractivity contribution is 5.08. The van der Waals surface area contributed by atoms with Crippen LogP contribution in [0.4, 0.5) is 0 Å². The molecule has 2 aliphatic rings. The van der Waals surface area contributed by atoms with E-state index in [1.54, 1.807) is 0 Å². The summed E-state index contributed by atoms with van der Waals surface area (Å²) in [6.07, 6.45) is 6.41. The highest BCUT2D eigenvalue weighted by atomic mass is 15.3. The van der Waals surface area contributed by atoms with Crippen molar-refractivity contribution < 1.29 is 0 Å². The van der Waals surface area contributed by atoms with Gasteiger partial charge < -0.3 is 5.73 Å². The Labute approximate surface area is 115 Å². The third kappa shape index (κ3) is 3.14. The summed E-state index contributed by atoms with van der Waals surface area (Å²) in [5.41, 5.74) is 7.10. The van der Waals surface area contributed by atoms with Crippen LogP contribution < -0.4 is 5.73 Å². The van der Waals surface area contributed by atoms with Gasteiger partial charge in [0, 0.05) is 44.6 Å². The summed E-state index contributed by atoms with van der Waals surface area (Å²) in [5.74, 6) is 0.729. The predicted molar refractivity (Wildman–Crippen MR) is 76.7 cm³/mol.